The summed E-state index contributed by atoms with van der Waals surface area (Å²) in [5, 5.41) is 12.5. The summed E-state index contributed by atoms with van der Waals surface area (Å²) >= 11 is 0. The van der Waals surface area contributed by atoms with Gasteiger partial charge in [-0.15, -0.1) is 0 Å². The standard InChI is InChI=1S/C15H20N2O3/c1-3-16-10(2)8-14(18)17-9-12(15(19)20)11-6-4-5-7-13(11)17/h4-7,10,12,16H,3,8-9H2,1-2H3,(H,19,20). The molecule has 0 saturated carbocycles. The number of anilines is 1. The molecule has 5 nitrogen and oxygen atoms in total. The van der Waals surface area contributed by atoms with E-state index >= 15 is 0 Å². The maximum Gasteiger partial charge on any atom is 0.312 e. The molecule has 1 aliphatic heterocycles. The predicted octanol–water partition coefficient (Wildman–Crippen LogP) is 1.59. The fourth-order valence-corrected chi connectivity index (χ4v) is 2.65. The van der Waals surface area contributed by atoms with Gasteiger partial charge < -0.3 is 15.3 Å². The zero-order valence-electron chi connectivity index (χ0n) is 11.8. The molecule has 0 fully saturated rings. The average molecular weight is 276 g/mol. The third kappa shape index (κ3) is 2.82. The number of para-hydroxylation sites is 1. The maximum absolute atomic E-state index is 12.4. The van der Waals surface area contributed by atoms with Crippen molar-refractivity contribution in [1.82, 2.24) is 5.32 Å². The van der Waals surface area contributed by atoms with Crippen molar-refractivity contribution < 1.29 is 14.7 Å². The zero-order chi connectivity index (χ0) is 14.7. The van der Waals surface area contributed by atoms with Crippen molar-refractivity contribution in [3.05, 3.63) is 29.8 Å². The number of fused-ring (bicyclic) bond motifs is 1. The second-order valence-corrected chi connectivity index (χ2v) is 5.12. The van der Waals surface area contributed by atoms with Crippen LogP contribution in [-0.4, -0.2) is 36.1 Å². The van der Waals surface area contributed by atoms with E-state index in [0.29, 0.717) is 6.42 Å². The SMILES string of the molecule is CCNC(C)CC(=O)N1CC(C(=O)O)c2ccccc21. The molecular formula is C15H20N2O3. The second kappa shape index (κ2) is 6.05. The lowest BCUT2D eigenvalue weighted by Crippen LogP contribution is -2.37. The molecule has 20 heavy (non-hydrogen) atoms. The van der Waals surface area contributed by atoms with Crippen LogP contribution in [0.15, 0.2) is 24.3 Å². The van der Waals surface area contributed by atoms with Crippen LogP contribution >= 0.6 is 0 Å². The van der Waals surface area contributed by atoms with E-state index in [1.54, 1.807) is 11.0 Å². The number of rotatable bonds is 5. The minimum Gasteiger partial charge on any atom is -0.481 e. The van der Waals surface area contributed by atoms with Crippen LogP contribution in [-0.2, 0) is 9.59 Å². The summed E-state index contributed by atoms with van der Waals surface area (Å²) in [5.74, 6) is -1.54. The number of benzene rings is 1. The number of aliphatic carboxylic acids is 1. The molecule has 1 aromatic rings. The number of nitrogens with one attached hydrogen (secondary N) is 1. The van der Waals surface area contributed by atoms with Crippen molar-refractivity contribution in [1.29, 1.82) is 0 Å². The maximum atomic E-state index is 12.4. The molecule has 108 valence electrons. The van der Waals surface area contributed by atoms with Gasteiger partial charge in [0.2, 0.25) is 5.91 Å². The van der Waals surface area contributed by atoms with Crippen LogP contribution in [0.4, 0.5) is 5.69 Å². The largest absolute Gasteiger partial charge is 0.481 e. The number of hydrogen-bond donors (Lipinski definition) is 2. The number of carboxylic acid groups (broad SMARTS) is 1. The third-order valence-electron chi connectivity index (χ3n) is 3.60. The van der Waals surface area contributed by atoms with Gasteiger partial charge in [0.25, 0.3) is 0 Å². The number of nitrogens with zero attached hydrogens (tertiary/aromatic N) is 1. The Hall–Kier alpha value is -1.88. The zero-order valence-corrected chi connectivity index (χ0v) is 11.8. The molecule has 0 radical (unpaired) electrons. The van der Waals surface area contributed by atoms with Gasteiger partial charge >= 0.3 is 5.97 Å². The molecule has 2 unspecified atom stereocenters. The predicted molar refractivity (Wildman–Crippen MR) is 76.9 cm³/mol. The summed E-state index contributed by atoms with van der Waals surface area (Å²) in [6, 6.07) is 7.33. The van der Waals surface area contributed by atoms with Gasteiger partial charge in [0.05, 0.1) is 0 Å². The molecule has 2 rings (SSSR count). The van der Waals surface area contributed by atoms with Crippen LogP contribution in [0.5, 0.6) is 0 Å². The number of carbonyl (C=O) groups is 2. The van der Waals surface area contributed by atoms with Crippen LogP contribution in [0.2, 0.25) is 0 Å². The van der Waals surface area contributed by atoms with Gasteiger partial charge in [0.15, 0.2) is 0 Å². The van der Waals surface area contributed by atoms with Crippen molar-refractivity contribution in [2.24, 2.45) is 0 Å². The highest BCUT2D eigenvalue weighted by molar-refractivity contribution is 5.99. The Morgan fingerprint density at radius 2 is 2.15 bits per heavy atom. The van der Waals surface area contributed by atoms with Crippen LogP contribution < -0.4 is 10.2 Å². The molecule has 0 aromatic heterocycles. The van der Waals surface area contributed by atoms with E-state index < -0.39 is 11.9 Å². The molecule has 2 atom stereocenters. The average Bonchev–Trinajstić information content (AvgIpc) is 2.78. The topological polar surface area (TPSA) is 69.6 Å². The molecule has 5 heteroatoms. The fourth-order valence-electron chi connectivity index (χ4n) is 2.65. The monoisotopic (exact) mass is 276 g/mol. The van der Waals surface area contributed by atoms with Crippen molar-refractivity contribution in [2.75, 3.05) is 18.0 Å². The van der Waals surface area contributed by atoms with E-state index in [-0.39, 0.29) is 18.5 Å². The van der Waals surface area contributed by atoms with Crippen LogP contribution in [0.1, 0.15) is 31.7 Å². The summed E-state index contributed by atoms with van der Waals surface area (Å²) in [7, 11) is 0. The Kier molecular flexibility index (Phi) is 4.39. The second-order valence-electron chi connectivity index (χ2n) is 5.12. The van der Waals surface area contributed by atoms with Crippen LogP contribution in [0, 0.1) is 0 Å². The number of carbonyl (C=O) groups excluding carboxylic acids is 1. The van der Waals surface area contributed by atoms with Gasteiger partial charge in [0.1, 0.15) is 5.92 Å². The molecular weight excluding hydrogens is 256 g/mol. The highest BCUT2D eigenvalue weighted by Gasteiger charge is 2.36. The summed E-state index contributed by atoms with van der Waals surface area (Å²) in [6.07, 6.45) is 0.370. The van der Waals surface area contributed by atoms with Gasteiger partial charge in [0, 0.05) is 24.7 Å². The van der Waals surface area contributed by atoms with E-state index in [1.807, 2.05) is 32.0 Å². The van der Waals surface area contributed by atoms with E-state index in [4.69, 9.17) is 0 Å². The molecule has 1 aliphatic rings. The first kappa shape index (κ1) is 14.5. The Balaban J connectivity index is 2.18. The molecule has 0 spiro atoms. The van der Waals surface area contributed by atoms with Crippen molar-refractivity contribution in [3.8, 4) is 0 Å². The quantitative estimate of drug-likeness (QED) is 0.857. The normalized spacial score (nSPS) is 18.7. The molecule has 1 amide bonds. The molecule has 1 aromatic carbocycles. The Bertz CT molecular complexity index is 516. The fraction of sp³-hybridized carbons (Fsp3) is 0.467. The number of amides is 1. The lowest BCUT2D eigenvalue weighted by atomic mass is 10.0. The summed E-state index contributed by atoms with van der Waals surface area (Å²) < 4.78 is 0. The van der Waals surface area contributed by atoms with Gasteiger partial charge in [-0.1, -0.05) is 25.1 Å². The highest BCUT2D eigenvalue weighted by atomic mass is 16.4. The van der Waals surface area contributed by atoms with E-state index in [0.717, 1.165) is 17.8 Å². The van der Waals surface area contributed by atoms with E-state index in [9.17, 15) is 14.7 Å². The lowest BCUT2D eigenvalue weighted by molar-refractivity contribution is -0.138. The van der Waals surface area contributed by atoms with E-state index in [1.165, 1.54) is 0 Å². The van der Waals surface area contributed by atoms with Gasteiger partial charge in [-0.05, 0) is 25.1 Å². The summed E-state index contributed by atoms with van der Waals surface area (Å²) in [6.45, 7) is 4.99. The number of carboxylic acids is 1. The first-order valence-corrected chi connectivity index (χ1v) is 6.90. The Morgan fingerprint density at radius 1 is 1.45 bits per heavy atom. The van der Waals surface area contributed by atoms with Gasteiger partial charge in [-0.3, -0.25) is 9.59 Å². The third-order valence-corrected chi connectivity index (χ3v) is 3.60. The molecule has 0 bridgehead atoms. The smallest absolute Gasteiger partial charge is 0.312 e. The van der Waals surface area contributed by atoms with Crippen LogP contribution in [0.25, 0.3) is 0 Å². The van der Waals surface area contributed by atoms with Crippen molar-refractivity contribution in [3.63, 3.8) is 0 Å². The highest BCUT2D eigenvalue weighted by Crippen LogP contribution is 2.36. The van der Waals surface area contributed by atoms with Crippen molar-refractivity contribution in [2.45, 2.75) is 32.2 Å². The molecule has 2 N–H and O–H groups in total. The summed E-state index contributed by atoms with van der Waals surface area (Å²) in [5.41, 5.74) is 1.46. The lowest BCUT2D eigenvalue weighted by Gasteiger charge is -2.20. The molecule has 1 heterocycles. The Labute approximate surface area is 118 Å². The molecule has 0 aliphatic carbocycles. The van der Waals surface area contributed by atoms with Gasteiger partial charge in [-0.25, -0.2) is 0 Å². The number of hydrogen-bond acceptors (Lipinski definition) is 3. The minimum absolute atomic E-state index is 0.0327. The first-order chi connectivity index (χ1) is 9.54. The van der Waals surface area contributed by atoms with Gasteiger partial charge in [-0.2, -0.15) is 0 Å². The minimum atomic E-state index is -0.882. The first-order valence-electron chi connectivity index (χ1n) is 6.90. The van der Waals surface area contributed by atoms with Crippen molar-refractivity contribution >= 4 is 17.6 Å². The van der Waals surface area contributed by atoms with Crippen LogP contribution in [0.3, 0.4) is 0 Å². The molecule has 0 saturated heterocycles. The Morgan fingerprint density at radius 3 is 2.80 bits per heavy atom. The van der Waals surface area contributed by atoms with E-state index in [2.05, 4.69) is 5.32 Å². The summed E-state index contributed by atoms with van der Waals surface area (Å²) in [4.78, 5) is 25.3.